The standard InChI is InChI=1S/C21H21ClN2O4/c1-13(2)18(21(27)28)24-20(26)17(12-14-8-10-16(22)11-9-14)23-19(25)15-6-4-3-5-7-15/h3-13,18H,1-2H3,(H,23,25)(H,24,26)(H,27,28)/b17-12-. The first kappa shape index (κ1) is 21.2. The summed E-state index contributed by atoms with van der Waals surface area (Å²) in [5.74, 6) is -2.65. The van der Waals surface area contributed by atoms with Crippen molar-refractivity contribution < 1.29 is 19.5 Å². The lowest BCUT2D eigenvalue weighted by Crippen LogP contribution is -2.47. The summed E-state index contributed by atoms with van der Waals surface area (Å²) in [6.07, 6.45) is 1.46. The fourth-order valence-electron chi connectivity index (χ4n) is 2.40. The van der Waals surface area contributed by atoms with Crippen LogP contribution in [0.4, 0.5) is 0 Å². The van der Waals surface area contributed by atoms with E-state index in [4.69, 9.17) is 11.6 Å². The molecule has 28 heavy (non-hydrogen) atoms. The Morgan fingerprint density at radius 1 is 1.00 bits per heavy atom. The molecule has 146 valence electrons. The Balaban J connectivity index is 2.32. The largest absolute Gasteiger partial charge is 0.480 e. The summed E-state index contributed by atoms with van der Waals surface area (Å²) in [4.78, 5) is 36.6. The van der Waals surface area contributed by atoms with Crippen molar-refractivity contribution in [1.29, 1.82) is 0 Å². The van der Waals surface area contributed by atoms with Gasteiger partial charge in [-0.1, -0.05) is 55.8 Å². The van der Waals surface area contributed by atoms with Crippen molar-refractivity contribution in [1.82, 2.24) is 10.6 Å². The molecule has 1 atom stereocenters. The van der Waals surface area contributed by atoms with Crippen LogP contribution in [0.2, 0.25) is 5.02 Å². The highest BCUT2D eigenvalue weighted by atomic mass is 35.5. The van der Waals surface area contributed by atoms with Crippen LogP contribution in [-0.4, -0.2) is 28.9 Å². The molecule has 0 heterocycles. The van der Waals surface area contributed by atoms with Gasteiger partial charge in [-0.25, -0.2) is 4.79 Å². The maximum atomic E-state index is 12.7. The first-order valence-corrected chi connectivity index (χ1v) is 9.03. The van der Waals surface area contributed by atoms with Crippen LogP contribution in [0, 0.1) is 5.92 Å². The van der Waals surface area contributed by atoms with Gasteiger partial charge in [-0.15, -0.1) is 0 Å². The van der Waals surface area contributed by atoms with Gasteiger partial charge in [0.05, 0.1) is 0 Å². The van der Waals surface area contributed by atoms with Gasteiger partial charge in [0.1, 0.15) is 11.7 Å². The molecule has 0 fully saturated rings. The third-order valence-electron chi connectivity index (χ3n) is 3.93. The van der Waals surface area contributed by atoms with Gasteiger partial charge in [-0.3, -0.25) is 9.59 Å². The van der Waals surface area contributed by atoms with E-state index in [-0.39, 0.29) is 11.6 Å². The number of aliphatic carboxylic acids is 1. The smallest absolute Gasteiger partial charge is 0.326 e. The van der Waals surface area contributed by atoms with Crippen molar-refractivity contribution >= 4 is 35.5 Å². The van der Waals surface area contributed by atoms with Crippen LogP contribution >= 0.6 is 11.6 Å². The predicted molar refractivity (Wildman–Crippen MR) is 108 cm³/mol. The van der Waals surface area contributed by atoms with E-state index in [0.717, 1.165) is 0 Å². The first-order chi connectivity index (χ1) is 13.3. The van der Waals surface area contributed by atoms with E-state index < -0.39 is 23.8 Å². The molecule has 0 aromatic heterocycles. The molecular weight excluding hydrogens is 380 g/mol. The molecule has 1 unspecified atom stereocenters. The zero-order valence-corrected chi connectivity index (χ0v) is 16.2. The van der Waals surface area contributed by atoms with Crippen molar-refractivity contribution in [2.75, 3.05) is 0 Å². The Morgan fingerprint density at radius 3 is 2.14 bits per heavy atom. The maximum Gasteiger partial charge on any atom is 0.326 e. The van der Waals surface area contributed by atoms with Gasteiger partial charge in [0.2, 0.25) is 0 Å². The van der Waals surface area contributed by atoms with Gasteiger partial charge in [0, 0.05) is 10.6 Å². The third kappa shape index (κ3) is 5.96. The zero-order valence-electron chi connectivity index (χ0n) is 15.5. The second kappa shape index (κ2) is 9.71. The third-order valence-corrected chi connectivity index (χ3v) is 4.18. The predicted octanol–water partition coefficient (Wildman–Crippen LogP) is 3.34. The number of hydrogen-bond donors (Lipinski definition) is 3. The molecular formula is C21H21ClN2O4. The summed E-state index contributed by atoms with van der Waals surface area (Å²) < 4.78 is 0. The van der Waals surface area contributed by atoms with Crippen molar-refractivity contribution in [2.45, 2.75) is 19.9 Å². The van der Waals surface area contributed by atoms with Crippen LogP contribution in [0.25, 0.3) is 6.08 Å². The molecule has 0 aliphatic carbocycles. The highest BCUT2D eigenvalue weighted by Crippen LogP contribution is 2.13. The Hall–Kier alpha value is -3.12. The number of carboxylic acids is 1. The molecule has 3 N–H and O–H groups in total. The highest BCUT2D eigenvalue weighted by Gasteiger charge is 2.25. The van der Waals surface area contributed by atoms with Crippen LogP contribution in [0.5, 0.6) is 0 Å². The van der Waals surface area contributed by atoms with Gasteiger partial charge in [-0.05, 0) is 41.8 Å². The summed E-state index contributed by atoms with van der Waals surface area (Å²) >= 11 is 5.88. The SMILES string of the molecule is CC(C)C(NC(=O)/C(=C/c1ccc(Cl)cc1)NC(=O)c1ccccc1)C(=O)O. The van der Waals surface area contributed by atoms with Gasteiger partial charge in [-0.2, -0.15) is 0 Å². The number of halogens is 1. The lowest BCUT2D eigenvalue weighted by atomic mass is 10.0. The van der Waals surface area contributed by atoms with E-state index >= 15 is 0 Å². The minimum atomic E-state index is -1.15. The fraction of sp³-hybridized carbons (Fsp3) is 0.190. The number of nitrogens with one attached hydrogen (secondary N) is 2. The Kier molecular flexibility index (Phi) is 7.35. The molecule has 7 heteroatoms. The molecule has 6 nitrogen and oxygen atoms in total. The number of amides is 2. The average molecular weight is 401 g/mol. The van der Waals surface area contributed by atoms with E-state index in [9.17, 15) is 19.5 Å². The lowest BCUT2D eigenvalue weighted by Gasteiger charge is -2.19. The normalized spacial score (nSPS) is 12.4. The number of benzene rings is 2. The Morgan fingerprint density at radius 2 is 1.61 bits per heavy atom. The maximum absolute atomic E-state index is 12.7. The second-order valence-corrected chi connectivity index (χ2v) is 6.90. The van der Waals surface area contributed by atoms with Crippen LogP contribution in [0.1, 0.15) is 29.8 Å². The second-order valence-electron chi connectivity index (χ2n) is 6.46. The number of carboxylic acid groups (broad SMARTS) is 1. The number of carbonyl (C=O) groups excluding carboxylic acids is 2. The number of hydrogen-bond acceptors (Lipinski definition) is 3. The van der Waals surface area contributed by atoms with Crippen molar-refractivity contribution in [3.05, 3.63) is 76.4 Å². The molecule has 2 rings (SSSR count). The van der Waals surface area contributed by atoms with Gasteiger partial charge < -0.3 is 15.7 Å². The minimum Gasteiger partial charge on any atom is -0.480 e. The van der Waals surface area contributed by atoms with Crippen LogP contribution in [-0.2, 0) is 9.59 Å². The van der Waals surface area contributed by atoms with Crippen LogP contribution < -0.4 is 10.6 Å². The molecule has 0 spiro atoms. The number of carbonyl (C=O) groups is 3. The van der Waals surface area contributed by atoms with Crippen molar-refractivity contribution in [3.8, 4) is 0 Å². The molecule has 0 saturated heterocycles. The molecule has 0 saturated carbocycles. The van der Waals surface area contributed by atoms with Gasteiger partial charge >= 0.3 is 5.97 Å². The van der Waals surface area contributed by atoms with E-state index in [2.05, 4.69) is 10.6 Å². The first-order valence-electron chi connectivity index (χ1n) is 8.65. The summed E-state index contributed by atoms with van der Waals surface area (Å²) in [7, 11) is 0. The molecule has 0 aliphatic heterocycles. The summed E-state index contributed by atoms with van der Waals surface area (Å²) in [6.45, 7) is 3.37. The molecule has 2 aromatic carbocycles. The fourth-order valence-corrected chi connectivity index (χ4v) is 2.53. The molecule has 2 amide bonds. The quantitative estimate of drug-likeness (QED) is 0.621. The Labute approximate surface area is 168 Å². The Bertz CT molecular complexity index is 877. The average Bonchev–Trinajstić information content (AvgIpc) is 2.67. The molecule has 0 aliphatic rings. The molecule has 2 aromatic rings. The summed E-state index contributed by atoms with van der Waals surface area (Å²) in [5, 5.41) is 14.9. The number of rotatable bonds is 7. The summed E-state index contributed by atoms with van der Waals surface area (Å²) in [6, 6.07) is 14.0. The van der Waals surface area contributed by atoms with Gasteiger partial charge in [0.15, 0.2) is 0 Å². The van der Waals surface area contributed by atoms with E-state index in [1.165, 1.54) is 6.08 Å². The van der Waals surface area contributed by atoms with Crippen molar-refractivity contribution in [2.24, 2.45) is 5.92 Å². The highest BCUT2D eigenvalue weighted by molar-refractivity contribution is 6.30. The monoisotopic (exact) mass is 400 g/mol. The van der Waals surface area contributed by atoms with Gasteiger partial charge in [0.25, 0.3) is 11.8 Å². The topological polar surface area (TPSA) is 95.5 Å². The van der Waals surface area contributed by atoms with E-state index in [1.54, 1.807) is 68.4 Å². The zero-order chi connectivity index (χ0) is 20.7. The molecule has 0 radical (unpaired) electrons. The van der Waals surface area contributed by atoms with Crippen LogP contribution in [0.15, 0.2) is 60.3 Å². The summed E-state index contributed by atoms with van der Waals surface area (Å²) in [5.41, 5.74) is 0.929. The van der Waals surface area contributed by atoms with Crippen molar-refractivity contribution in [3.63, 3.8) is 0 Å². The van der Waals surface area contributed by atoms with E-state index in [0.29, 0.717) is 16.1 Å². The van der Waals surface area contributed by atoms with Crippen LogP contribution in [0.3, 0.4) is 0 Å². The lowest BCUT2D eigenvalue weighted by molar-refractivity contribution is -0.142. The minimum absolute atomic E-state index is 0.0666. The van der Waals surface area contributed by atoms with E-state index in [1.807, 2.05) is 0 Å². The molecule has 0 bridgehead atoms.